The van der Waals surface area contributed by atoms with Crippen LogP contribution in [-0.4, -0.2) is 66.3 Å². The van der Waals surface area contributed by atoms with Crippen molar-refractivity contribution in [1.82, 2.24) is 14.4 Å². The third kappa shape index (κ3) is 3.50. The molecule has 0 N–H and O–H groups in total. The number of carbonyl (C=O) groups is 1. The Bertz CT molecular complexity index is 830. The van der Waals surface area contributed by atoms with Crippen molar-refractivity contribution in [2.45, 2.75) is 44.6 Å². The number of aromatic nitrogens is 1. The topological polar surface area (TPSA) is 37.7 Å². The highest BCUT2D eigenvalue weighted by molar-refractivity contribution is 5.92. The molecule has 5 nitrogen and oxygen atoms in total. The molecular formula is C22H31N3O2. The fourth-order valence-corrected chi connectivity index (χ4v) is 4.51. The molecule has 146 valence electrons. The Morgan fingerprint density at radius 1 is 1.26 bits per heavy atom. The summed E-state index contributed by atoms with van der Waals surface area (Å²) < 4.78 is 7.34. The Balaban J connectivity index is 1.44. The number of likely N-dealkylation sites (N-methyl/N-ethyl adjacent to an activating group) is 1. The van der Waals surface area contributed by atoms with Crippen LogP contribution in [-0.2, 0) is 11.2 Å². The van der Waals surface area contributed by atoms with E-state index in [2.05, 4.69) is 43.0 Å². The van der Waals surface area contributed by atoms with Gasteiger partial charge in [0.1, 0.15) is 6.61 Å². The Labute approximate surface area is 161 Å². The second-order valence-electron chi connectivity index (χ2n) is 8.53. The molecule has 0 bridgehead atoms. The number of ether oxygens (including phenoxy) is 1. The van der Waals surface area contributed by atoms with Crippen LogP contribution < -0.4 is 0 Å². The lowest BCUT2D eigenvalue weighted by Gasteiger charge is -2.58. The molecule has 2 aliphatic rings. The molecule has 0 radical (unpaired) electrons. The van der Waals surface area contributed by atoms with Crippen molar-refractivity contribution in [3.63, 3.8) is 0 Å². The molecule has 4 rings (SSSR count). The van der Waals surface area contributed by atoms with Crippen molar-refractivity contribution in [2.75, 3.05) is 40.3 Å². The summed E-state index contributed by atoms with van der Waals surface area (Å²) in [6, 6.07) is 6.26. The van der Waals surface area contributed by atoms with Gasteiger partial charge in [0.25, 0.3) is 0 Å². The minimum absolute atomic E-state index is 0.261. The second-order valence-corrected chi connectivity index (χ2v) is 8.53. The Morgan fingerprint density at radius 2 is 2.07 bits per heavy atom. The standard InChI is InChI=1S/C22H31N3O2/c1-17-5-6-20-19(15-17)18(7-11-23(2)3)16-25(20)21(26)27-14-13-24-12-10-22(24)8-4-9-22/h5-6,15-16H,4,7-14H2,1-3H3. The van der Waals surface area contributed by atoms with Crippen molar-refractivity contribution in [3.05, 3.63) is 35.5 Å². The van der Waals surface area contributed by atoms with E-state index in [-0.39, 0.29) is 6.09 Å². The van der Waals surface area contributed by atoms with E-state index < -0.39 is 0 Å². The normalized spacial score (nSPS) is 18.7. The van der Waals surface area contributed by atoms with Gasteiger partial charge in [-0.3, -0.25) is 9.47 Å². The summed E-state index contributed by atoms with van der Waals surface area (Å²) in [6.45, 7) is 5.53. The summed E-state index contributed by atoms with van der Waals surface area (Å²) in [5.74, 6) is 0. The van der Waals surface area contributed by atoms with E-state index >= 15 is 0 Å². The van der Waals surface area contributed by atoms with Gasteiger partial charge in [-0.15, -0.1) is 0 Å². The predicted molar refractivity (Wildman–Crippen MR) is 108 cm³/mol. The summed E-state index contributed by atoms with van der Waals surface area (Å²) in [6.07, 6.45) is 7.92. The highest BCUT2D eigenvalue weighted by Gasteiger charge is 2.48. The van der Waals surface area contributed by atoms with Crippen LogP contribution in [0.1, 0.15) is 36.8 Å². The van der Waals surface area contributed by atoms with Crippen molar-refractivity contribution >= 4 is 17.0 Å². The zero-order valence-electron chi connectivity index (χ0n) is 16.8. The summed E-state index contributed by atoms with van der Waals surface area (Å²) in [5, 5.41) is 1.16. The van der Waals surface area contributed by atoms with Gasteiger partial charge < -0.3 is 9.64 Å². The van der Waals surface area contributed by atoms with Crippen molar-refractivity contribution in [3.8, 4) is 0 Å². The molecule has 1 aliphatic carbocycles. The van der Waals surface area contributed by atoms with E-state index in [0.29, 0.717) is 12.1 Å². The maximum Gasteiger partial charge on any atom is 0.418 e. The third-order valence-electron chi connectivity index (χ3n) is 6.46. The summed E-state index contributed by atoms with van der Waals surface area (Å²) in [5.41, 5.74) is 3.82. The zero-order chi connectivity index (χ0) is 19.0. The SMILES string of the molecule is Cc1ccc2c(c1)c(CCN(C)C)cn2C(=O)OCCN1CCC12CCC2. The summed E-state index contributed by atoms with van der Waals surface area (Å²) in [4.78, 5) is 17.4. The van der Waals surface area contributed by atoms with Crippen LogP contribution in [0, 0.1) is 6.92 Å². The molecule has 1 aliphatic heterocycles. The number of hydrogen-bond donors (Lipinski definition) is 0. The van der Waals surface area contributed by atoms with Crippen LogP contribution >= 0.6 is 0 Å². The molecule has 0 atom stereocenters. The summed E-state index contributed by atoms with van der Waals surface area (Å²) >= 11 is 0. The maximum absolute atomic E-state index is 12.7. The molecule has 2 aromatic rings. The number of benzene rings is 1. The highest BCUT2D eigenvalue weighted by atomic mass is 16.5. The number of nitrogens with zero attached hydrogens (tertiary/aromatic N) is 3. The lowest BCUT2D eigenvalue weighted by molar-refractivity contribution is -0.0794. The molecule has 2 fully saturated rings. The molecule has 1 aromatic carbocycles. The fraction of sp³-hybridized carbons (Fsp3) is 0.591. The molecular weight excluding hydrogens is 338 g/mol. The molecule has 1 spiro atoms. The smallest absolute Gasteiger partial charge is 0.418 e. The quantitative estimate of drug-likeness (QED) is 0.779. The monoisotopic (exact) mass is 369 g/mol. The molecule has 0 amide bonds. The Morgan fingerprint density at radius 3 is 2.70 bits per heavy atom. The number of fused-ring (bicyclic) bond motifs is 1. The summed E-state index contributed by atoms with van der Waals surface area (Å²) in [7, 11) is 4.15. The molecule has 1 saturated heterocycles. The molecule has 1 aromatic heterocycles. The average molecular weight is 370 g/mol. The van der Waals surface area contributed by atoms with E-state index in [1.54, 1.807) is 4.57 Å². The first-order valence-corrected chi connectivity index (χ1v) is 10.2. The first-order chi connectivity index (χ1) is 13.0. The third-order valence-corrected chi connectivity index (χ3v) is 6.46. The molecule has 5 heteroatoms. The largest absolute Gasteiger partial charge is 0.448 e. The van der Waals surface area contributed by atoms with Crippen LogP contribution in [0.15, 0.2) is 24.4 Å². The number of aryl methyl sites for hydroxylation is 1. The van der Waals surface area contributed by atoms with Crippen molar-refractivity contribution < 1.29 is 9.53 Å². The Kier molecular flexibility index (Phi) is 4.99. The predicted octanol–water partition coefficient (Wildman–Crippen LogP) is 3.67. The van der Waals surface area contributed by atoms with Crippen LogP contribution in [0.5, 0.6) is 0 Å². The number of hydrogen-bond acceptors (Lipinski definition) is 4. The zero-order valence-corrected chi connectivity index (χ0v) is 16.8. The average Bonchev–Trinajstić information content (AvgIpc) is 2.92. The van der Waals surface area contributed by atoms with Gasteiger partial charge in [-0.25, -0.2) is 4.79 Å². The van der Waals surface area contributed by atoms with Gasteiger partial charge >= 0.3 is 6.09 Å². The van der Waals surface area contributed by atoms with Crippen molar-refractivity contribution in [1.29, 1.82) is 0 Å². The van der Waals surface area contributed by atoms with Crippen LogP contribution in [0.4, 0.5) is 4.79 Å². The van der Waals surface area contributed by atoms with Gasteiger partial charge in [-0.1, -0.05) is 11.6 Å². The van der Waals surface area contributed by atoms with Crippen molar-refractivity contribution in [2.24, 2.45) is 0 Å². The minimum atomic E-state index is -0.261. The van der Waals surface area contributed by atoms with Gasteiger partial charge in [0.05, 0.1) is 5.52 Å². The first kappa shape index (κ1) is 18.5. The van der Waals surface area contributed by atoms with E-state index in [0.717, 1.165) is 37.0 Å². The van der Waals surface area contributed by atoms with Crippen LogP contribution in [0.2, 0.25) is 0 Å². The number of carbonyl (C=O) groups excluding carboxylic acids is 1. The lowest BCUT2D eigenvalue weighted by Crippen LogP contribution is -2.64. The van der Waals surface area contributed by atoms with Gasteiger partial charge in [0.2, 0.25) is 0 Å². The molecule has 2 heterocycles. The molecule has 0 unspecified atom stereocenters. The van der Waals surface area contributed by atoms with E-state index in [9.17, 15) is 4.79 Å². The fourth-order valence-electron chi connectivity index (χ4n) is 4.51. The van der Waals surface area contributed by atoms with E-state index in [1.165, 1.54) is 36.8 Å². The number of rotatable bonds is 6. The van der Waals surface area contributed by atoms with Gasteiger partial charge in [0, 0.05) is 36.8 Å². The van der Waals surface area contributed by atoms with E-state index in [4.69, 9.17) is 4.74 Å². The van der Waals surface area contributed by atoms with Crippen LogP contribution in [0.25, 0.3) is 10.9 Å². The van der Waals surface area contributed by atoms with Gasteiger partial charge in [-0.2, -0.15) is 0 Å². The lowest BCUT2D eigenvalue weighted by atomic mass is 9.68. The Hall–Kier alpha value is -1.85. The van der Waals surface area contributed by atoms with Gasteiger partial charge in [-0.05, 0) is 70.8 Å². The van der Waals surface area contributed by atoms with Gasteiger partial charge in [0.15, 0.2) is 0 Å². The maximum atomic E-state index is 12.7. The molecule has 27 heavy (non-hydrogen) atoms. The minimum Gasteiger partial charge on any atom is -0.448 e. The molecule has 1 saturated carbocycles. The van der Waals surface area contributed by atoms with E-state index in [1.807, 2.05) is 12.3 Å². The number of likely N-dealkylation sites (tertiary alicyclic amines) is 1. The van der Waals surface area contributed by atoms with Crippen LogP contribution in [0.3, 0.4) is 0 Å². The first-order valence-electron chi connectivity index (χ1n) is 10.2. The second kappa shape index (κ2) is 7.28. The highest BCUT2D eigenvalue weighted by Crippen LogP contribution is 2.46.